The number of hydrogen-bond acceptors (Lipinski definition) is 1. The van der Waals surface area contributed by atoms with Gasteiger partial charge in [0.25, 0.3) is 0 Å². The van der Waals surface area contributed by atoms with Gasteiger partial charge in [0.05, 0.1) is 4.87 Å². The van der Waals surface area contributed by atoms with E-state index in [4.69, 9.17) is 17.3 Å². The first-order chi connectivity index (χ1) is 4.60. The lowest BCUT2D eigenvalue weighted by molar-refractivity contribution is 0.423. The molecule has 0 rings (SSSR count). The second-order valence-electron chi connectivity index (χ2n) is 2.76. The Kier molecular flexibility index (Phi) is 4.30. The van der Waals surface area contributed by atoms with E-state index in [0.29, 0.717) is 0 Å². The minimum Gasteiger partial charge on any atom is -0.326 e. The van der Waals surface area contributed by atoms with E-state index in [1.807, 2.05) is 0 Å². The molecule has 0 saturated heterocycles. The second kappa shape index (κ2) is 4.20. The highest BCUT2D eigenvalue weighted by atomic mass is 35.5. The molecule has 0 aromatic rings. The van der Waals surface area contributed by atoms with Crippen LogP contribution in [0.4, 0.5) is 0 Å². The number of rotatable bonds is 4. The Morgan fingerprint density at radius 3 is 1.80 bits per heavy atom. The third-order valence-corrected chi connectivity index (χ3v) is 3.09. The maximum Gasteiger partial charge on any atom is 0.0591 e. The molecule has 1 atom stereocenters. The summed E-state index contributed by atoms with van der Waals surface area (Å²) in [5.74, 6) is 0. The van der Waals surface area contributed by atoms with Crippen LogP contribution in [0, 0.1) is 0 Å². The Balaban J connectivity index is 4.02. The van der Waals surface area contributed by atoms with Crippen molar-refractivity contribution in [2.75, 3.05) is 0 Å². The molecular weight excluding hydrogens is 146 g/mol. The molecule has 0 heterocycles. The number of alkyl halides is 1. The van der Waals surface area contributed by atoms with Gasteiger partial charge in [0.15, 0.2) is 0 Å². The van der Waals surface area contributed by atoms with Crippen LogP contribution in [0.2, 0.25) is 0 Å². The maximum atomic E-state index is 6.23. The fourth-order valence-electron chi connectivity index (χ4n) is 1.14. The van der Waals surface area contributed by atoms with Crippen molar-refractivity contribution in [3.63, 3.8) is 0 Å². The minimum absolute atomic E-state index is 0.143. The molecule has 2 heteroatoms. The molecule has 1 unspecified atom stereocenters. The number of nitrogens with two attached hydrogens (primary N) is 1. The summed E-state index contributed by atoms with van der Waals surface area (Å²) in [5, 5.41) is 0. The average Bonchev–Trinajstić information content (AvgIpc) is 2.01. The summed E-state index contributed by atoms with van der Waals surface area (Å²) in [6.45, 7) is 6.26. The third kappa shape index (κ3) is 2.14. The molecule has 0 fully saturated rings. The lowest BCUT2D eigenvalue weighted by Crippen LogP contribution is -2.41. The molecule has 1 nitrogen and oxygen atoms in total. The molecule has 0 radical (unpaired) electrons. The van der Waals surface area contributed by atoms with E-state index in [2.05, 4.69) is 20.8 Å². The van der Waals surface area contributed by atoms with Gasteiger partial charge in [-0.1, -0.05) is 20.8 Å². The Hall–Kier alpha value is 0.250. The van der Waals surface area contributed by atoms with Crippen LogP contribution in [0.1, 0.15) is 40.0 Å². The van der Waals surface area contributed by atoms with Crippen molar-refractivity contribution in [1.82, 2.24) is 0 Å². The zero-order valence-electron chi connectivity index (χ0n) is 7.15. The van der Waals surface area contributed by atoms with Gasteiger partial charge in [0.2, 0.25) is 0 Å². The Labute approximate surface area is 68.9 Å². The van der Waals surface area contributed by atoms with E-state index in [9.17, 15) is 0 Å². The fourth-order valence-corrected chi connectivity index (χ4v) is 1.29. The van der Waals surface area contributed by atoms with Gasteiger partial charge in [-0.15, -0.1) is 11.6 Å². The highest BCUT2D eigenvalue weighted by Crippen LogP contribution is 2.28. The molecule has 10 heavy (non-hydrogen) atoms. The monoisotopic (exact) mass is 163 g/mol. The fraction of sp³-hybridized carbons (Fsp3) is 1.00. The normalized spacial score (nSPS) is 15.3. The van der Waals surface area contributed by atoms with Gasteiger partial charge in [-0.05, 0) is 19.3 Å². The summed E-state index contributed by atoms with van der Waals surface area (Å²) in [5.41, 5.74) is 5.84. The Morgan fingerprint density at radius 1 is 1.30 bits per heavy atom. The predicted octanol–water partition coefficient (Wildman–Crippen LogP) is 2.52. The molecular formula is C8H18ClN. The molecule has 0 aliphatic rings. The average molecular weight is 164 g/mol. The first kappa shape index (κ1) is 10.2. The maximum absolute atomic E-state index is 6.23. The van der Waals surface area contributed by atoms with Gasteiger partial charge in [0.1, 0.15) is 0 Å². The molecule has 0 bridgehead atoms. The van der Waals surface area contributed by atoms with Crippen molar-refractivity contribution in [2.24, 2.45) is 5.73 Å². The van der Waals surface area contributed by atoms with E-state index in [1.165, 1.54) is 0 Å². The molecule has 0 spiro atoms. The summed E-state index contributed by atoms with van der Waals surface area (Å²) in [6, 6.07) is 0.143. The van der Waals surface area contributed by atoms with Crippen LogP contribution in [-0.4, -0.2) is 10.9 Å². The standard InChI is InChI=1S/C8H18ClN/c1-4-7(10)8(9,5-2)6-3/h7H,4-6,10H2,1-3H3. The van der Waals surface area contributed by atoms with Crippen molar-refractivity contribution in [3.05, 3.63) is 0 Å². The molecule has 0 aliphatic carbocycles. The lowest BCUT2D eigenvalue weighted by atomic mass is 9.92. The van der Waals surface area contributed by atoms with Crippen LogP contribution >= 0.6 is 11.6 Å². The molecule has 0 aromatic heterocycles. The summed E-state index contributed by atoms with van der Waals surface area (Å²) >= 11 is 6.23. The zero-order chi connectivity index (χ0) is 8.20. The predicted molar refractivity (Wildman–Crippen MR) is 47.4 cm³/mol. The SMILES string of the molecule is CCC(N)C(Cl)(CC)CC. The van der Waals surface area contributed by atoms with Crippen LogP contribution in [0.15, 0.2) is 0 Å². The molecule has 0 aliphatic heterocycles. The molecule has 0 saturated carbocycles. The molecule has 0 amide bonds. The van der Waals surface area contributed by atoms with Crippen molar-refractivity contribution in [2.45, 2.75) is 50.9 Å². The van der Waals surface area contributed by atoms with Gasteiger partial charge in [0, 0.05) is 6.04 Å². The van der Waals surface area contributed by atoms with Crippen LogP contribution in [0.25, 0.3) is 0 Å². The molecule has 0 aromatic carbocycles. The van der Waals surface area contributed by atoms with Crippen LogP contribution in [0.3, 0.4) is 0 Å². The van der Waals surface area contributed by atoms with Gasteiger partial charge in [-0.2, -0.15) is 0 Å². The van der Waals surface area contributed by atoms with Crippen LogP contribution in [0.5, 0.6) is 0 Å². The molecule has 2 N–H and O–H groups in total. The van der Waals surface area contributed by atoms with E-state index < -0.39 is 0 Å². The van der Waals surface area contributed by atoms with E-state index in [0.717, 1.165) is 19.3 Å². The minimum atomic E-state index is -0.158. The second-order valence-corrected chi connectivity index (χ2v) is 3.51. The number of hydrogen-bond donors (Lipinski definition) is 1. The van der Waals surface area contributed by atoms with Crippen molar-refractivity contribution >= 4 is 11.6 Å². The summed E-state index contributed by atoms with van der Waals surface area (Å²) in [6.07, 6.45) is 2.88. The van der Waals surface area contributed by atoms with Crippen LogP contribution in [-0.2, 0) is 0 Å². The van der Waals surface area contributed by atoms with Gasteiger partial charge in [-0.3, -0.25) is 0 Å². The van der Waals surface area contributed by atoms with Crippen molar-refractivity contribution in [1.29, 1.82) is 0 Å². The van der Waals surface area contributed by atoms with E-state index >= 15 is 0 Å². The van der Waals surface area contributed by atoms with E-state index in [-0.39, 0.29) is 10.9 Å². The first-order valence-corrected chi connectivity index (χ1v) is 4.43. The van der Waals surface area contributed by atoms with Gasteiger partial charge >= 0.3 is 0 Å². The summed E-state index contributed by atoms with van der Waals surface area (Å²) in [7, 11) is 0. The highest BCUT2D eigenvalue weighted by molar-refractivity contribution is 6.24. The summed E-state index contributed by atoms with van der Waals surface area (Å²) in [4.78, 5) is -0.158. The van der Waals surface area contributed by atoms with Crippen molar-refractivity contribution in [3.8, 4) is 0 Å². The van der Waals surface area contributed by atoms with Gasteiger partial charge in [-0.25, -0.2) is 0 Å². The quantitative estimate of drug-likeness (QED) is 0.634. The Bertz CT molecular complexity index is 89.3. The topological polar surface area (TPSA) is 26.0 Å². The molecule has 62 valence electrons. The summed E-state index contributed by atoms with van der Waals surface area (Å²) < 4.78 is 0. The van der Waals surface area contributed by atoms with Crippen molar-refractivity contribution < 1.29 is 0 Å². The van der Waals surface area contributed by atoms with Gasteiger partial charge < -0.3 is 5.73 Å². The highest BCUT2D eigenvalue weighted by Gasteiger charge is 2.28. The smallest absolute Gasteiger partial charge is 0.0591 e. The third-order valence-electron chi connectivity index (χ3n) is 2.28. The zero-order valence-corrected chi connectivity index (χ0v) is 7.91. The largest absolute Gasteiger partial charge is 0.326 e. The van der Waals surface area contributed by atoms with E-state index in [1.54, 1.807) is 0 Å². The van der Waals surface area contributed by atoms with Crippen LogP contribution < -0.4 is 5.73 Å². The first-order valence-electron chi connectivity index (χ1n) is 4.05. The Morgan fingerprint density at radius 2 is 1.70 bits per heavy atom. The lowest BCUT2D eigenvalue weighted by Gasteiger charge is -2.30. The number of halogens is 1.